The van der Waals surface area contributed by atoms with Gasteiger partial charge in [0.15, 0.2) is 0 Å². The summed E-state index contributed by atoms with van der Waals surface area (Å²) in [7, 11) is 0. The number of piperidine rings is 1. The summed E-state index contributed by atoms with van der Waals surface area (Å²) < 4.78 is 0. The third-order valence-electron chi connectivity index (χ3n) is 5.61. The van der Waals surface area contributed by atoms with Gasteiger partial charge in [-0.05, 0) is 36.7 Å². The predicted octanol–water partition coefficient (Wildman–Crippen LogP) is 2.77. The molecule has 1 aliphatic heterocycles. The highest BCUT2D eigenvalue weighted by Crippen LogP contribution is 2.54. The first kappa shape index (κ1) is 17.0. The first-order valence-electron chi connectivity index (χ1n) is 9.12. The molecule has 4 heteroatoms. The van der Waals surface area contributed by atoms with Crippen molar-refractivity contribution in [2.45, 2.75) is 52.0 Å². The topological polar surface area (TPSA) is 49.4 Å². The van der Waals surface area contributed by atoms with Crippen molar-refractivity contribution in [2.24, 2.45) is 11.3 Å². The molecular formula is C20H28N2O2. The molecule has 130 valence electrons. The molecule has 0 bridgehead atoms. The molecule has 0 aromatic heterocycles. The largest absolute Gasteiger partial charge is 0.353 e. The number of nitrogens with zero attached hydrogens (tertiary/aromatic N) is 1. The molecule has 2 fully saturated rings. The van der Waals surface area contributed by atoms with Gasteiger partial charge in [0, 0.05) is 31.5 Å². The van der Waals surface area contributed by atoms with Gasteiger partial charge in [0.1, 0.15) is 0 Å². The maximum absolute atomic E-state index is 12.4. The minimum Gasteiger partial charge on any atom is -0.353 e. The Morgan fingerprint density at radius 3 is 2.50 bits per heavy atom. The summed E-state index contributed by atoms with van der Waals surface area (Å²) in [5.74, 6) is 0.456. The molecule has 1 saturated heterocycles. The summed E-state index contributed by atoms with van der Waals surface area (Å²) in [5.41, 5.74) is 1.48. The van der Waals surface area contributed by atoms with Crippen LogP contribution >= 0.6 is 0 Å². The van der Waals surface area contributed by atoms with E-state index in [-0.39, 0.29) is 23.1 Å². The minimum absolute atomic E-state index is 0.0438. The molecule has 2 aliphatic rings. The van der Waals surface area contributed by atoms with Crippen molar-refractivity contribution in [1.82, 2.24) is 10.2 Å². The Hall–Kier alpha value is -1.84. The number of hydrogen-bond acceptors (Lipinski definition) is 2. The molecule has 3 rings (SSSR count). The Labute approximate surface area is 144 Å². The zero-order chi connectivity index (χ0) is 17.2. The smallest absolute Gasteiger partial charge is 0.222 e. The molecule has 1 spiro atoms. The molecule has 1 atom stereocenters. The summed E-state index contributed by atoms with van der Waals surface area (Å²) >= 11 is 0. The van der Waals surface area contributed by atoms with Gasteiger partial charge >= 0.3 is 0 Å². The normalized spacial score (nSPS) is 21.8. The van der Waals surface area contributed by atoms with E-state index in [2.05, 4.69) is 17.4 Å². The van der Waals surface area contributed by atoms with Crippen LogP contribution in [-0.2, 0) is 16.0 Å². The lowest BCUT2D eigenvalue weighted by Gasteiger charge is -2.33. The van der Waals surface area contributed by atoms with Gasteiger partial charge < -0.3 is 10.2 Å². The fourth-order valence-electron chi connectivity index (χ4n) is 3.70. The van der Waals surface area contributed by atoms with E-state index in [0.717, 1.165) is 38.8 Å². The van der Waals surface area contributed by atoms with Gasteiger partial charge in [-0.25, -0.2) is 0 Å². The van der Waals surface area contributed by atoms with Crippen LogP contribution in [0.25, 0.3) is 0 Å². The highest BCUT2D eigenvalue weighted by atomic mass is 16.2. The zero-order valence-corrected chi connectivity index (χ0v) is 14.8. The standard InChI is InChI=1S/C20H28N2O2/c1-15(2)19(24)21-17-14-20(17)10-12-22(13-11-20)18(23)9-8-16-6-4-3-5-7-16/h3-7,15,17H,8-14H2,1-2H3,(H,21,24). The van der Waals surface area contributed by atoms with Crippen LogP contribution in [0, 0.1) is 11.3 Å². The van der Waals surface area contributed by atoms with E-state index in [4.69, 9.17) is 0 Å². The molecule has 1 N–H and O–H groups in total. The van der Waals surface area contributed by atoms with Gasteiger partial charge in [0.2, 0.25) is 11.8 Å². The molecule has 4 nitrogen and oxygen atoms in total. The third kappa shape index (κ3) is 3.80. The van der Waals surface area contributed by atoms with Crippen molar-refractivity contribution in [3.05, 3.63) is 35.9 Å². The van der Waals surface area contributed by atoms with Crippen LogP contribution in [0.3, 0.4) is 0 Å². The van der Waals surface area contributed by atoms with Crippen LogP contribution in [-0.4, -0.2) is 35.8 Å². The summed E-state index contributed by atoms with van der Waals surface area (Å²) in [6.45, 7) is 5.53. The second kappa shape index (κ2) is 6.96. The van der Waals surface area contributed by atoms with Crippen LogP contribution in [0.2, 0.25) is 0 Å². The maximum atomic E-state index is 12.4. The highest BCUT2D eigenvalue weighted by molar-refractivity contribution is 5.79. The molecule has 1 aromatic carbocycles. The van der Waals surface area contributed by atoms with E-state index in [1.165, 1.54) is 5.56 Å². The van der Waals surface area contributed by atoms with Crippen molar-refractivity contribution >= 4 is 11.8 Å². The number of nitrogens with one attached hydrogen (secondary N) is 1. The number of aryl methyl sites for hydroxylation is 1. The Bertz CT molecular complexity index is 589. The Morgan fingerprint density at radius 1 is 1.21 bits per heavy atom. The fraction of sp³-hybridized carbons (Fsp3) is 0.600. The monoisotopic (exact) mass is 328 g/mol. The second-order valence-corrected chi connectivity index (χ2v) is 7.65. The third-order valence-corrected chi connectivity index (χ3v) is 5.61. The lowest BCUT2D eigenvalue weighted by Crippen LogP contribution is -2.42. The van der Waals surface area contributed by atoms with E-state index in [0.29, 0.717) is 12.5 Å². The molecule has 0 radical (unpaired) electrons. The predicted molar refractivity (Wildman–Crippen MR) is 94.4 cm³/mol. The molecule has 1 saturated carbocycles. The maximum Gasteiger partial charge on any atom is 0.222 e. The lowest BCUT2D eigenvalue weighted by molar-refractivity contribution is -0.133. The van der Waals surface area contributed by atoms with Gasteiger partial charge in [0.25, 0.3) is 0 Å². The lowest BCUT2D eigenvalue weighted by atomic mass is 9.92. The summed E-state index contributed by atoms with van der Waals surface area (Å²) in [4.78, 5) is 26.3. The minimum atomic E-state index is 0.0438. The Kier molecular flexibility index (Phi) is 4.93. The van der Waals surface area contributed by atoms with Crippen molar-refractivity contribution in [1.29, 1.82) is 0 Å². The average molecular weight is 328 g/mol. The number of benzene rings is 1. The van der Waals surface area contributed by atoms with Crippen molar-refractivity contribution < 1.29 is 9.59 Å². The van der Waals surface area contributed by atoms with Gasteiger partial charge in [-0.1, -0.05) is 44.2 Å². The van der Waals surface area contributed by atoms with Crippen molar-refractivity contribution in [2.75, 3.05) is 13.1 Å². The van der Waals surface area contributed by atoms with Crippen LogP contribution in [0.4, 0.5) is 0 Å². The van der Waals surface area contributed by atoms with Crippen molar-refractivity contribution in [3.8, 4) is 0 Å². The highest BCUT2D eigenvalue weighted by Gasteiger charge is 2.55. The van der Waals surface area contributed by atoms with E-state index in [9.17, 15) is 9.59 Å². The second-order valence-electron chi connectivity index (χ2n) is 7.65. The molecule has 1 unspecified atom stereocenters. The SMILES string of the molecule is CC(C)C(=O)NC1CC12CCN(C(=O)CCc1ccccc1)CC2. The number of amides is 2. The molecule has 1 heterocycles. The van der Waals surface area contributed by atoms with E-state index in [1.807, 2.05) is 36.9 Å². The molecule has 2 amide bonds. The van der Waals surface area contributed by atoms with E-state index < -0.39 is 0 Å². The number of likely N-dealkylation sites (tertiary alicyclic amines) is 1. The van der Waals surface area contributed by atoms with Gasteiger partial charge in [-0.3, -0.25) is 9.59 Å². The summed E-state index contributed by atoms with van der Waals surface area (Å²) in [6.07, 6.45) is 4.52. The molecule has 1 aliphatic carbocycles. The number of carbonyl (C=O) groups is 2. The fourth-order valence-corrected chi connectivity index (χ4v) is 3.70. The summed E-state index contributed by atoms with van der Waals surface area (Å²) in [6, 6.07) is 10.5. The Balaban J connectivity index is 1.42. The molecule has 24 heavy (non-hydrogen) atoms. The van der Waals surface area contributed by atoms with E-state index >= 15 is 0 Å². The number of hydrogen-bond donors (Lipinski definition) is 1. The van der Waals surface area contributed by atoms with E-state index in [1.54, 1.807) is 0 Å². The van der Waals surface area contributed by atoms with Crippen LogP contribution in [0.1, 0.15) is 45.1 Å². The van der Waals surface area contributed by atoms with Crippen LogP contribution in [0.5, 0.6) is 0 Å². The number of rotatable bonds is 5. The Morgan fingerprint density at radius 2 is 1.88 bits per heavy atom. The molecular weight excluding hydrogens is 300 g/mol. The quantitative estimate of drug-likeness (QED) is 0.903. The zero-order valence-electron chi connectivity index (χ0n) is 14.8. The first-order chi connectivity index (χ1) is 11.5. The van der Waals surface area contributed by atoms with Crippen LogP contribution in [0.15, 0.2) is 30.3 Å². The van der Waals surface area contributed by atoms with Gasteiger partial charge in [-0.2, -0.15) is 0 Å². The first-order valence-corrected chi connectivity index (χ1v) is 9.12. The van der Waals surface area contributed by atoms with Gasteiger partial charge in [0.05, 0.1) is 0 Å². The average Bonchev–Trinajstić information content (AvgIpc) is 3.25. The van der Waals surface area contributed by atoms with Crippen molar-refractivity contribution in [3.63, 3.8) is 0 Å². The number of carbonyl (C=O) groups excluding carboxylic acids is 2. The summed E-state index contributed by atoms with van der Waals surface area (Å²) in [5, 5.41) is 3.16. The molecule has 1 aromatic rings. The van der Waals surface area contributed by atoms with Crippen LogP contribution < -0.4 is 5.32 Å². The van der Waals surface area contributed by atoms with Gasteiger partial charge in [-0.15, -0.1) is 0 Å².